The summed E-state index contributed by atoms with van der Waals surface area (Å²) >= 11 is 1.29. The van der Waals surface area contributed by atoms with Crippen molar-refractivity contribution in [3.8, 4) is 22.8 Å². The Balaban J connectivity index is 1.62. The van der Waals surface area contributed by atoms with Crippen LogP contribution in [0.15, 0.2) is 71.0 Å². The molecule has 192 valence electrons. The number of aromatic nitrogens is 2. The topological polar surface area (TPSA) is 87.7 Å². The molecule has 10 heteroatoms. The number of carboxylic acids is 1. The van der Waals surface area contributed by atoms with E-state index in [9.17, 15) is 28.2 Å². The van der Waals surface area contributed by atoms with Gasteiger partial charge in [0.2, 0.25) is 11.0 Å². The summed E-state index contributed by atoms with van der Waals surface area (Å²) in [5.41, 5.74) is 3.40. The molecular weight excluding hydrogens is 515 g/mol. The molecule has 0 aliphatic carbocycles. The minimum Gasteiger partial charge on any atom is -0.494 e. The van der Waals surface area contributed by atoms with Crippen molar-refractivity contribution in [3.63, 3.8) is 0 Å². The molecular formula is C28H20F3N3O3S. The van der Waals surface area contributed by atoms with Crippen molar-refractivity contribution in [2.24, 2.45) is 4.99 Å². The van der Waals surface area contributed by atoms with E-state index in [2.05, 4.69) is 9.98 Å². The van der Waals surface area contributed by atoms with E-state index < -0.39 is 17.7 Å². The lowest BCUT2D eigenvalue weighted by molar-refractivity contribution is -0.137. The maximum atomic E-state index is 13.5. The number of carboxylic acid groups (broad SMARTS) is 1. The molecule has 3 aromatic carbocycles. The molecule has 0 saturated carbocycles. The van der Waals surface area contributed by atoms with Gasteiger partial charge < -0.3 is 10.2 Å². The highest BCUT2D eigenvalue weighted by Crippen LogP contribution is 2.38. The average Bonchev–Trinajstić information content (AvgIpc) is 3.45. The molecule has 2 N–H and O–H groups in total. The Morgan fingerprint density at radius 3 is 2.55 bits per heavy atom. The number of aromatic carboxylic acids is 1. The second-order valence-corrected chi connectivity index (χ2v) is 9.57. The molecule has 0 spiro atoms. The highest BCUT2D eigenvalue weighted by Gasteiger charge is 2.31. The minimum absolute atomic E-state index is 0.0521. The van der Waals surface area contributed by atoms with E-state index in [1.807, 2.05) is 37.4 Å². The van der Waals surface area contributed by atoms with Gasteiger partial charge in [-0.1, -0.05) is 24.3 Å². The highest BCUT2D eigenvalue weighted by molar-refractivity contribution is 7.13. The van der Waals surface area contributed by atoms with Crippen molar-refractivity contribution in [1.29, 1.82) is 0 Å². The molecule has 0 atom stereocenters. The average molecular weight is 536 g/mol. The van der Waals surface area contributed by atoms with Crippen LogP contribution < -0.4 is 0 Å². The predicted octanol–water partition coefficient (Wildman–Crippen LogP) is 7.54. The molecule has 6 nitrogen and oxygen atoms in total. The number of fused-ring (bicyclic) bond motifs is 1. The lowest BCUT2D eigenvalue weighted by Gasteiger charge is -2.10. The molecule has 0 bridgehead atoms. The number of nitrogens with zero attached hydrogens (tertiary/aromatic N) is 3. The zero-order valence-electron chi connectivity index (χ0n) is 20.1. The number of hydrogen-bond donors (Lipinski definition) is 2. The number of thiazole rings is 1. The molecule has 0 unspecified atom stereocenters. The summed E-state index contributed by atoms with van der Waals surface area (Å²) in [6.07, 6.45) is -3.26. The number of hydrogen-bond acceptors (Lipinski definition) is 5. The molecule has 2 aromatic heterocycles. The third-order valence-electron chi connectivity index (χ3n) is 6.26. The van der Waals surface area contributed by atoms with Gasteiger partial charge in [0.15, 0.2) is 0 Å². The summed E-state index contributed by atoms with van der Waals surface area (Å²) < 4.78 is 41.7. The summed E-state index contributed by atoms with van der Waals surface area (Å²) in [4.78, 5) is 20.4. The first-order valence-electron chi connectivity index (χ1n) is 11.4. The number of benzene rings is 3. The molecule has 2 heterocycles. The number of aromatic hydroxyl groups is 1. The van der Waals surface area contributed by atoms with Crippen molar-refractivity contribution in [2.45, 2.75) is 20.0 Å². The Kier molecular flexibility index (Phi) is 6.28. The quantitative estimate of drug-likeness (QED) is 0.228. The summed E-state index contributed by atoms with van der Waals surface area (Å²) in [6, 6.07) is 14.7. The van der Waals surface area contributed by atoms with Crippen LogP contribution in [0.4, 0.5) is 18.3 Å². The first-order chi connectivity index (χ1) is 18.0. The Morgan fingerprint density at radius 2 is 1.84 bits per heavy atom. The van der Waals surface area contributed by atoms with E-state index in [4.69, 9.17) is 0 Å². The Hall–Kier alpha value is -4.44. The van der Waals surface area contributed by atoms with Crippen molar-refractivity contribution >= 4 is 39.6 Å². The molecule has 0 amide bonds. The largest absolute Gasteiger partial charge is 0.494 e. The third kappa shape index (κ3) is 4.66. The molecule has 5 aromatic rings. The van der Waals surface area contributed by atoms with Gasteiger partial charge >= 0.3 is 12.1 Å². The molecule has 5 rings (SSSR count). The number of rotatable bonds is 5. The lowest BCUT2D eigenvalue weighted by Crippen LogP contribution is -2.05. The summed E-state index contributed by atoms with van der Waals surface area (Å²) in [7, 11) is 0. The number of carbonyl (C=O) groups is 1. The predicted molar refractivity (Wildman–Crippen MR) is 141 cm³/mol. The lowest BCUT2D eigenvalue weighted by atomic mass is 10.1. The van der Waals surface area contributed by atoms with Gasteiger partial charge in [-0.15, -0.1) is 11.3 Å². The fourth-order valence-electron chi connectivity index (χ4n) is 4.12. The monoisotopic (exact) mass is 535 g/mol. The van der Waals surface area contributed by atoms with Gasteiger partial charge in [0.25, 0.3) is 0 Å². The van der Waals surface area contributed by atoms with Crippen LogP contribution >= 0.6 is 11.3 Å². The van der Waals surface area contributed by atoms with Crippen LogP contribution in [-0.2, 0) is 6.18 Å². The maximum Gasteiger partial charge on any atom is 0.416 e. The van der Waals surface area contributed by atoms with E-state index in [1.165, 1.54) is 52.5 Å². The van der Waals surface area contributed by atoms with Crippen molar-refractivity contribution < 1.29 is 28.2 Å². The number of aliphatic imine (C=N–C) groups is 1. The highest BCUT2D eigenvalue weighted by atomic mass is 32.1. The second kappa shape index (κ2) is 9.46. The van der Waals surface area contributed by atoms with E-state index >= 15 is 0 Å². The van der Waals surface area contributed by atoms with Gasteiger partial charge in [0.05, 0.1) is 27.9 Å². The van der Waals surface area contributed by atoms with Crippen molar-refractivity contribution in [1.82, 2.24) is 9.55 Å². The smallest absolute Gasteiger partial charge is 0.416 e. The van der Waals surface area contributed by atoms with Crippen LogP contribution in [0.5, 0.6) is 5.88 Å². The zero-order chi connectivity index (χ0) is 27.2. The normalized spacial score (nSPS) is 12.0. The van der Waals surface area contributed by atoms with E-state index in [1.54, 1.807) is 0 Å². The Bertz CT molecular complexity index is 1730. The van der Waals surface area contributed by atoms with Crippen molar-refractivity contribution in [2.75, 3.05) is 0 Å². The van der Waals surface area contributed by atoms with Gasteiger partial charge in [-0.3, -0.25) is 4.57 Å². The van der Waals surface area contributed by atoms with Gasteiger partial charge in [-0.05, 0) is 61.4 Å². The maximum absolute atomic E-state index is 13.5. The number of halogens is 3. The number of aryl methyl sites for hydroxylation is 2. The van der Waals surface area contributed by atoms with E-state index in [0.29, 0.717) is 10.5 Å². The van der Waals surface area contributed by atoms with E-state index in [-0.39, 0.29) is 28.2 Å². The summed E-state index contributed by atoms with van der Waals surface area (Å²) in [5.74, 6) is -1.58. The second-order valence-electron chi connectivity index (χ2n) is 8.73. The van der Waals surface area contributed by atoms with Crippen LogP contribution in [0.3, 0.4) is 0 Å². The standard InChI is InChI=1S/C28H20F3N3O3S/c1-15-6-7-17(10-16(15)2)23-14-38-27(33-23)32-13-22-21-9-8-19(28(29,30)31)12-24(21)34(25(22)35)20-5-3-4-18(11-20)26(36)37/h3-14,35H,1-2H3,(H,36,37)/b32-13+. The molecule has 38 heavy (non-hydrogen) atoms. The zero-order valence-corrected chi connectivity index (χ0v) is 20.9. The van der Waals surface area contributed by atoms with Gasteiger partial charge in [0, 0.05) is 28.2 Å². The molecule has 0 saturated heterocycles. The fourth-order valence-corrected chi connectivity index (χ4v) is 4.79. The van der Waals surface area contributed by atoms with Crippen molar-refractivity contribution in [3.05, 3.63) is 93.9 Å². The summed E-state index contributed by atoms with van der Waals surface area (Å²) in [6.45, 7) is 4.04. The van der Waals surface area contributed by atoms with E-state index in [0.717, 1.165) is 34.5 Å². The third-order valence-corrected chi connectivity index (χ3v) is 7.01. The van der Waals surface area contributed by atoms with Crippen LogP contribution in [0.2, 0.25) is 0 Å². The molecule has 0 radical (unpaired) electrons. The molecule has 0 fully saturated rings. The Morgan fingerprint density at radius 1 is 1.05 bits per heavy atom. The minimum atomic E-state index is -4.61. The number of alkyl halides is 3. The first-order valence-corrected chi connectivity index (χ1v) is 12.3. The first kappa shape index (κ1) is 25.2. The van der Waals surface area contributed by atoms with Gasteiger partial charge in [0.1, 0.15) is 0 Å². The fraction of sp³-hybridized carbons (Fsp3) is 0.107. The Labute approximate surface area is 219 Å². The summed E-state index contributed by atoms with van der Waals surface area (Å²) in [5, 5.41) is 23.1. The van der Waals surface area contributed by atoms with Gasteiger partial charge in [-0.2, -0.15) is 13.2 Å². The van der Waals surface area contributed by atoms with Crippen LogP contribution in [0.25, 0.3) is 27.8 Å². The van der Waals surface area contributed by atoms with Crippen LogP contribution in [0.1, 0.15) is 32.6 Å². The SMILES string of the molecule is Cc1ccc(-c2csc(/N=C/c3c(O)n(-c4cccc(C(=O)O)c4)c4cc(C(F)(F)F)ccc34)n2)cc1C. The van der Waals surface area contributed by atoms with Crippen LogP contribution in [0, 0.1) is 13.8 Å². The molecule has 0 aliphatic rings. The van der Waals surface area contributed by atoms with Gasteiger partial charge in [-0.25, -0.2) is 14.8 Å². The van der Waals surface area contributed by atoms with Crippen LogP contribution in [-0.4, -0.2) is 31.9 Å². The molecule has 0 aliphatic heterocycles.